The summed E-state index contributed by atoms with van der Waals surface area (Å²) in [5.41, 5.74) is 0. The summed E-state index contributed by atoms with van der Waals surface area (Å²) in [6.07, 6.45) is 60.8. The molecule has 0 amide bonds. The van der Waals surface area contributed by atoms with Crippen LogP contribution < -0.4 is 4.89 Å². The fourth-order valence-electron chi connectivity index (χ4n) is 9.37. The molecule has 0 aromatic rings. The maximum absolute atomic E-state index is 12.7. The minimum absolute atomic E-state index is 0.0257. The van der Waals surface area contributed by atoms with Crippen LogP contribution >= 0.6 is 7.82 Å². The van der Waals surface area contributed by atoms with Crippen LogP contribution in [-0.4, -0.2) is 70.0 Å². The zero-order valence-electron chi connectivity index (χ0n) is 47.5. The molecule has 0 N–H and O–H groups in total. The summed E-state index contributed by atoms with van der Waals surface area (Å²) in [6.45, 7) is 4.25. The second kappa shape index (κ2) is 52.9. The van der Waals surface area contributed by atoms with Crippen molar-refractivity contribution in [2.24, 2.45) is 0 Å². The van der Waals surface area contributed by atoms with E-state index in [9.17, 15) is 19.0 Å². The van der Waals surface area contributed by atoms with Crippen LogP contribution in [0.3, 0.4) is 0 Å². The highest BCUT2D eigenvalue weighted by Crippen LogP contribution is 2.38. The van der Waals surface area contributed by atoms with E-state index in [1.165, 1.54) is 257 Å². The first-order valence-electron chi connectivity index (χ1n) is 30.7. The van der Waals surface area contributed by atoms with E-state index in [2.05, 4.69) is 13.8 Å². The highest BCUT2D eigenvalue weighted by molar-refractivity contribution is 7.45. The van der Waals surface area contributed by atoms with Gasteiger partial charge in [0.25, 0.3) is 7.82 Å². The maximum atomic E-state index is 12.7. The van der Waals surface area contributed by atoms with E-state index in [4.69, 9.17) is 18.5 Å². The third kappa shape index (κ3) is 56.3. The number of esters is 2. The number of quaternary nitrogens is 1. The van der Waals surface area contributed by atoms with E-state index >= 15 is 0 Å². The van der Waals surface area contributed by atoms with Crippen LogP contribution in [0, 0.1) is 0 Å². The summed E-state index contributed by atoms with van der Waals surface area (Å²) in [5.74, 6) is -0.820. The topological polar surface area (TPSA) is 111 Å². The summed E-state index contributed by atoms with van der Waals surface area (Å²) in [4.78, 5) is 37.6. The SMILES string of the molecule is CCCCCCCCCCCCCCCCCCCCCCCCCCCCCCCCCCCCCCCCC(=O)OC(COC(=O)CCCCCCCCCC)COP(=O)([O-])OCC[N+](C)(C)C. The summed E-state index contributed by atoms with van der Waals surface area (Å²) in [6, 6.07) is 0. The number of phosphoric ester groups is 1. The molecule has 2 atom stereocenters. The molecule has 0 aromatic carbocycles. The fraction of sp³-hybridized carbons (Fsp3) is 0.967. The molecule has 0 bridgehead atoms. The van der Waals surface area contributed by atoms with E-state index in [0.717, 1.165) is 32.1 Å². The summed E-state index contributed by atoms with van der Waals surface area (Å²) in [7, 11) is 1.19. The molecule has 2 unspecified atom stereocenters. The Labute approximate surface area is 435 Å². The first kappa shape index (κ1) is 69.0. The largest absolute Gasteiger partial charge is 0.756 e. The van der Waals surface area contributed by atoms with E-state index < -0.39 is 26.5 Å². The second-order valence-corrected chi connectivity index (χ2v) is 23.9. The predicted octanol–water partition coefficient (Wildman–Crippen LogP) is 18.4. The van der Waals surface area contributed by atoms with Crippen LogP contribution in [0.4, 0.5) is 0 Å². The molecule has 9 nitrogen and oxygen atoms in total. The third-order valence-corrected chi connectivity index (χ3v) is 15.1. The Morgan fingerprint density at radius 1 is 0.386 bits per heavy atom. The molecule has 0 aliphatic carbocycles. The Hall–Kier alpha value is -0.990. The van der Waals surface area contributed by atoms with Gasteiger partial charge in [-0.15, -0.1) is 0 Å². The van der Waals surface area contributed by atoms with Crippen LogP contribution in [0.5, 0.6) is 0 Å². The van der Waals surface area contributed by atoms with Crippen molar-refractivity contribution in [1.82, 2.24) is 0 Å². The minimum atomic E-state index is -4.62. The zero-order chi connectivity index (χ0) is 51.3. The van der Waals surface area contributed by atoms with Crippen molar-refractivity contribution >= 4 is 19.8 Å². The molecule has 0 aliphatic heterocycles. The summed E-state index contributed by atoms with van der Waals surface area (Å²) >= 11 is 0. The molecule has 0 saturated heterocycles. The molecule has 0 saturated carbocycles. The van der Waals surface area contributed by atoms with E-state index in [0.29, 0.717) is 17.4 Å². The predicted molar refractivity (Wildman–Crippen MR) is 296 cm³/mol. The van der Waals surface area contributed by atoms with Gasteiger partial charge in [-0.3, -0.25) is 14.2 Å². The van der Waals surface area contributed by atoms with Gasteiger partial charge in [-0.05, 0) is 12.8 Å². The number of carbonyl (C=O) groups excluding carboxylic acids is 2. The highest BCUT2D eigenvalue weighted by atomic mass is 31.2. The fourth-order valence-corrected chi connectivity index (χ4v) is 10.1. The zero-order valence-corrected chi connectivity index (χ0v) is 48.4. The molecular formula is C60H120NO8P. The van der Waals surface area contributed by atoms with Gasteiger partial charge in [0.15, 0.2) is 6.10 Å². The van der Waals surface area contributed by atoms with E-state index in [-0.39, 0.29) is 32.0 Å². The van der Waals surface area contributed by atoms with Gasteiger partial charge in [0.05, 0.1) is 27.7 Å². The lowest BCUT2D eigenvalue weighted by Gasteiger charge is -2.28. The quantitative estimate of drug-likeness (QED) is 0.0256. The average Bonchev–Trinajstić information content (AvgIpc) is 3.32. The number of rotatable bonds is 58. The second-order valence-electron chi connectivity index (χ2n) is 22.4. The highest BCUT2D eigenvalue weighted by Gasteiger charge is 2.22. The van der Waals surface area contributed by atoms with Gasteiger partial charge in [0.2, 0.25) is 0 Å². The lowest BCUT2D eigenvalue weighted by molar-refractivity contribution is -0.870. The molecule has 0 aliphatic rings. The molecule has 70 heavy (non-hydrogen) atoms. The van der Waals surface area contributed by atoms with Gasteiger partial charge in [0, 0.05) is 12.8 Å². The van der Waals surface area contributed by atoms with Crippen molar-refractivity contribution in [2.45, 2.75) is 328 Å². The summed E-state index contributed by atoms with van der Waals surface area (Å²) < 4.78 is 34.0. The van der Waals surface area contributed by atoms with Crippen molar-refractivity contribution in [3.8, 4) is 0 Å². The van der Waals surface area contributed by atoms with Crippen molar-refractivity contribution in [1.29, 1.82) is 0 Å². The maximum Gasteiger partial charge on any atom is 0.306 e. The summed E-state index contributed by atoms with van der Waals surface area (Å²) in [5, 5.41) is 0. The Balaban J connectivity index is 3.75. The third-order valence-electron chi connectivity index (χ3n) is 14.1. The van der Waals surface area contributed by atoms with Crippen LogP contribution in [-0.2, 0) is 32.7 Å². The number of nitrogens with zero attached hydrogens (tertiary/aromatic N) is 1. The van der Waals surface area contributed by atoms with Gasteiger partial charge in [-0.2, -0.15) is 0 Å². The Bertz CT molecular complexity index is 1150. The number of unbranched alkanes of at least 4 members (excludes halogenated alkanes) is 44. The number of likely N-dealkylation sites (N-methyl/N-ethyl adjacent to an activating group) is 1. The smallest absolute Gasteiger partial charge is 0.306 e. The van der Waals surface area contributed by atoms with Gasteiger partial charge >= 0.3 is 11.9 Å². The molecule has 0 spiro atoms. The molecule has 0 radical (unpaired) electrons. The van der Waals surface area contributed by atoms with E-state index in [1.807, 2.05) is 21.1 Å². The van der Waals surface area contributed by atoms with Crippen molar-refractivity contribution in [3.05, 3.63) is 0 Å². The van der Waals surface area contributed by atoms with Gasteiger partial charge in [0.1, 0.15) is 19.8 Å². The molecule has 0 fully saturated rings. The minimum Gasteiger partial charge on any atom is -0.756 e. The molecule has 0 rings (SSSR count). The number of ether oxygens (including phenoxy) is 2. The average molecular weight is 1010 g/mol. The van der Waals surface area contributed by atoms with Gasteiger partial charge in [-0.25, -0.2) is 0 Å². The molecule has 10 heteroatoms. The number of carbonyl (C=O) groups is 2. The number of hydrogen-bond donors (Lipinski definition) is 0. The van der Waals surface area contributed by atoms with E-state index in [1.54, 1.807) is 0 Å². The van der Waals surface area contributed by atoms with Crippen molar-refractivity contribution < 1.29 is 42.1 Å². The van der Waals surface area contributed by atoms with Crippen LogP contribution in [0.2, 0.25) is 0 Å². The molecule has 0 aromatic heterocycles. The first-order chi connectivity index (χ1) is 34.0. The van der Waals surface area contributed by atoms with Gasteiger partial charge < -0.3 is 27.9 Å². The van der Waals surface area contributed by atoms with Crippen LogP contribution in [0.25, 0.3) is 0 Å². The Morgan fingerprint density at radius 2 is 0.643 bits per heavy atom. The lowest BCUT2D eigenvalue weighted by Crippen LogP contribution is -2.37. The van der Waals surface area contributed by atoms with Crippen LogP contribution in [0.15, 0.2) is 0 Å². The van der Waals surface area contributed by atoms with Crippen LogP contribution in [0.1, 0.15) is 322 Å². The lowest BCUT2D eigenvalue weighted by atomic mass is 10.0. The Morgan fingerprint density at radius 3 is 0.914 bits per heavy atom. The monoisotopic (exact) mass is 1010 g/mol. The van der Waals surface area contributed by atoms with Crippen molar-refractivity contribution in [2.75, 3.05) is 47.5 Å². The Kier molecular flexibility index (Phi) is 52.1. The van der Waals surface area contributed by atoms with Crippen molar-refractivity contribution in [3.63, 3.8) is 0 Å². The normalized spacial score (nSPS) is 13.2. The number of phosphoric acid groups is 1. The first-order valence-corrected chi connectivity index (χ1v) is 32.2. The molecular weight excluding hydrogens is 894 g/mol. The van der Waals surface area contributed by atoms with Gasteiger partial charge in [-0.1, -0.05) is 296 Å². The molecule has 418 valence electrons. The molecule has 0 heterocycles. The number of hydrogen-bond acceptors (Lipinski definition) is 8. The standard InChI is InChI=1S/C60H120NO8P/c1-6-8-10-12-14-16-17-18-19-20-21-22-23-24-25-26-27-28-29-30-31-32-33-34-35-36-37-38-39-40-41-42-43-44-45-47-49-51-53-60(63)69-58(57-68-70(64,65)67-55-54-61(3,4)5)56-66-59(62)52-50-48-46-15-13-11-9-7-2/h58H,6-57H2,1-5H3.